The smallest absolute Gasteiger partial charge is 0.123 e. The molecule has 106 valence electrons. The fourth-order valence-electron chi connectivity index (χ4n) is 2.75. The third-order valence-electron chi connectivity index (χ3n) is 4.13. The summed E-state index contributed by atoms with van der Waals surface area (Å²) in [5, 5.41) is 3.62. The molecule has 1 aliphatic carbocycles. The first kappa shape index (κ1) is 14.9. The maximum absolute atomic E-state index is 5.58. The van der Waals surface area contributed by atoms with Gasteiger partial charge >= 0.3 is 0 Å². The van der Waals surface area contributed by atoms with Crippen LogP contribution >= 0.6 is 15.9 Å². The van der Waals surface area contributed by atoms with E-state index in [1.54, 1.807) is 7.11 Å². The van der Waals surface area contributed by atoms with Crippen molar-refractivity contribution < 1.29 is 4.74 Å². The Labute approximate surface area is 125 Å². The molecular weight excluding hydrogens is 302 g/mol. The minimum atomic E-state index is 0.405. The molecule has 2 rings (SSSR count). The van der Waals surface area contributed by atoms with Crippen LogP contribution in [0.4, 0.5) is 0 Å². The van der Waals surface area contributed by atoms with Crippen LogP contribution in [0.25, 0.3) is 0 Å². The minimum Gasteiger partial charge on any atom is -0.496 e. The third-order valence-corrected chi connectivity index (χ3v) is 4.99. The predicted molar refractivity (Wildman–Crippen MR) is 83.8 cm³/mol. The lowest BCUT2D eigenvalue weighted by Gasteiger charge is -2.31. The topological polar surface area (TPSA) is 21.3 Å². The average molecular weight is 326 g/mol. The SMILES string of the molecule is CCNC(CC1CCC1)c1cc(Br)c(C)cc1OC. The summed E-state index contributed by atoms with van der Waals surface area (Å²) in [5.41, 5.74) is 2.51. The third kappa shape index (κ3) is 3.51. The number of methoxy groups -OCH3 is 1. The van der Waals surface area contributed by atoms with Crippen LogP contribution in [0.15, 0.2) is 16.6 Å². The molecule has 0 aromatic heterocycles. The summed E-state index contributed by atoms with van der Waals surface area (Å²) in [6.07, 6.45) is 5.40. The van der Waals surface area contributed by atoms with Crippen molar-refractivity contribution >= 4 is 15.9 Å². The number of hydrogen-bond donors (Lipinski definition) is 1. The van der Waals surface area contributed by atoms with E-state index in [-0.39, 0.29) is 0 Å². The van der Waals surface area contributed by atoms with Crippen molar-refractivity contribution in [2.75, 3.05) is 13.7 Å². The Bertz CT molecular complexity index is 429. The Morgan fingerprint density at radius 3 is 2.68 bits per heavy atom. The summed E-state index contributed by atoms with van der Waals surface area (Å²) in [5.74, 6) is 1.89. The number of aryl methyl sites for hydroxylation is 1. The lowest BCUT2D eigenvalue weighted by atomic mass is 9.79. The van der Waals surface area contributed by atoms with Crippen LogP contribution in [0.1, 0.15) is 49.8 Å². The molecule has 19 heavy (non-hydrogen) atoms. The normalized spacial score (nSPS) is 17.1. The highest BCUT2D eigenvalue weighted by molar-refractivity contribution is 9.10. The van der Waals surface area contributed by atoms with E-state index >= 15 is 0 Å². The van der Waals surface area contributed by atoms with Crippen molar-refractivity contribution in [3.63, 3.8) is 0 Å². The minimum absolute atomic E-state index is 0.405. The predicted octanol–water partition coefficient (Wildman–Crippen LogP) is 4.61. The van der Waals surface area contributed by atoms with E-state index in [9.17, 15) is 0 Å². The molecule has 0 spiro atoms. The molecule has 1 aromatic carbocycles. The molecule has 1 unspecified atom stereocenters. The Hall–Kier alpha value is -0.540. The van der Waals surface area contributed by atoms with Crippen molar-refractivity contribution in [2.24, 2.45) is 5.92 Å². The van der Waals surface area contributed by atoms with Gasteiger partial charge in [0.15, 0.2) is 0 Å². The lowest BCUT2D eigenvalue weighted by molar-refractivity contribution is 0.259. The Morgan fingerprint density at radius 2 is 2.16 bits per heavy atom. The summed E-state index contributed by atoms with van der Waals surface area (Å²) in [4.78, 5) is 0. The highest BCUT2D eigenvalue weighted by Crippen LogP contribution is 2.38. The zero-order chi connectivity index (χ0) is 13.8. The lowest BCUT2D eigenvalue weighted by Crippen LogP contribution is -2.26. The van der Waals surface area contributed by atoms with Gasteiger partial charge in [-0.25, -0.2) is 0 Å². The molecule has 1 atom stereocenters. The van der Waals surface area contributed by atoms with Gasteiger partial charge in [-0.2, -0.15) is 0 Å². The first-order valence-electron chi connectivity index (χ1n) is 7.23. The van der Waals surface area contributed by atoms with Crippen LogP contribution < -0.4 is 10.1 Å². The maximum atomic E-state index is 5.58. The molecule has 0 radical (unpaired) electrons. The molecule has 0 aliphatic heterocycles. The summed E-state index contributed by atoms with van der Waals surface area (Å²) in [6, 6.07) is 4.76. The van der Waals surface area contributed by atoms with Gasteiger partial charge in [0.05, 0.1) is 7.11 Å². The van der Waals surface area contributed by atoms with Gasteiger partial charge in [0.2, 0.25) is 0 Å². The van der Waals surface area contributed by atoms with Crippen molar-refractivity contribution in [3.05, 3.63) is 27.7 Å². The molecule has 3 heteroatoms. The summed E-state index contributed by atoms with van der Waals surface area (Å²) < 4.78 is 6.75. The molecule has 0 heterocycles. The molecule has 0 bridgehead atoms. The van der Waals surface area contributed by atoms with Gasteiger partial charge in [-0.3, -0.25) is 0 Å². The zero-order valence-corrected chi connectivity index (χ0v) is 13.7. The fraction of sp³-hybridized carbons (Fsp3) is 0.625. The second-order valence-corrected chi connectivity index (χ2v) is 6.34. The highest BCUT2D eigenvalue weighted by atomic mass is 79.9. The average Bonchev–Trinajstić information content (AvgIpc) is 2.35. The number of halogens is 1. The molecule has 1 saturated carbocycles. The largest absolute Gasteiger partial charge is 0.496 e. The molecular formula is C16H24BrNO. The number of ether oxygens (including phenoxy) is 1. The second-order valence-electron chi connectivity index (χ2n) is 5.49. The zero-order valence-electron chi connectivity index (χ0n) is 12.1. The van der Waals surface area contributed by atoms with Crippen LogP contribution in [-0.2, 0) is 0 Å². The van der Waals surface area contributed by atoms with Gasteiger partial charge in [0.1, 0.15) is 5.75 Å². The van der Waals surface area contributed by atoms with E-state index in [1.165, 1.54) is 41.3 Å². The maximum Gasteiger partial charge on any atom is 0.123 e. The Kier molecular flexibility index (Phi) is 5.28. The van der Waals surface area contributed by atoms with Gasteiger partial charge in [-0.15, -0.1) is 0 Å². The summed E-state index contributed by atoms with van der Waals surface area (Å²) >= 11 is 3.64. The van der Waals surface area contributed by atoms with E-state index in [1.807, 2.05) is 0 Å². The molecule has 1 fully saturated rings. The molecule has 1 aromatic rings. The van der Waals surface area contributed by atoms with Crippen LogP contribution in [0.5, 0.6) is 5.75 Å². The quantitative estimate of drug-likeness (QED) is 0.824. The van der Waals surface area contributed by atoms with E-state index in [4.69, 9.17) is 4.74 Å². The van der Waals surface area contributed by atoms with Crippen LogP contribution in [0.3, 0.4) is 0 Å². The standard InChI is InChI=1S/C16H24BrNO/c1-4-18-15(9-12-6-5-7-12)13-10-14(17)11(2)8-16(13)19-3/h8,10,12,15,18H,4-7,9H2,1-3H3. The molecule has 1 aliphatic rings. The van der Waals surface area contributed by atoms with Gasteiger partial charge in [-0.1, -0.05) is 42.1 Å². The van der Waals surface area contributed by atoms with Crippen molar-refractivity contribution in [1.29, 1.82) is 0 Å². The monoisotopic (exact) mass is 325 g/mol. The molecule has 1 N–H and O–H groups in total. The summed E-state index contributed by atoms with van der Waals surface area (Å²) in [6.45, 7) is 5.26. The van der Waals surface area contributed by atoms with Crippen molar-refractivity contribution in [3.8, 4) is 5.75 Å². The van der Waals surface area contributed by atoms with Gasteiger partial charge in [0.25, 0.3) is 0 Å². The van der Waals surface area contributed by atoms with Crippen LogP contribution in [0.2, 0.25) is 0 Å². The second kappa shape index (κ2) is 6.76. The molecule has 0 saturated heterocycles. The Balaban J connectivity index is 2.25. The van der Waals surface area contributed by atoms with Crippen LogP contribution in [-0.4, -0.2) is 13.7 Å². The summed E-state index contributed by atoms with van der Waals surface area (Å²) in [7, 11) is 1.76. The number of nitrogens with one attached hydrogen (secondary N) is 1. The number of hydrogen-bond acceptors (Lipinski definition) is 2. The molecule has 0 amide bonds. The fourth-order valence-corrected chi connectivity index (χ4v) is 3.11. The van der Waals surface area contributed by atoms with E-state index in [0.717, 1.165) is 18.2 Å². The number of rotatable bonds is 6. The van der Waals surface area contributed by atoms with Gasteiger partial charge in [-0.05, 0) is 43.5 Å². The van der Waals surface area contributed by atoms with Crippen LogP contribution in [0, 0.1) is 12.8 Å². The van der Waals surface area contributed by atoms with Gasteiger partial charge < -0.3 is 10.1 Å². The molecule has 2 nitrogen and oxygen atoms in total. The van der Waals surface area contributed by atoms with Gasteiger partial charge in [0, 0.05) is 16.1 Å². The van der Waals surface area contributed by atoms with E-state index in [0.29, 0.717) is 6.04 Å². The van der Waals surface area contributed by atoms with Crippen molar-refractivity contribution in [1.82, 2.24) is 5.32 Å². The van der Waals surface area contributed by atoms with E-state index < -0.39 is 0 Å². The van der Waals surface area contributed by atoms with E-state index in [2.05, 4.69) is 47.2 Å². The Morgan fingerprint density at radius 1 is 1.42 bits per heavy atom. The van der Waals surface area contributed by atoms with Crippen molar-refractivity contribution in [2.45, 2.75) is 45.6 Å². The first-order chi connectivity index (χ1) is 9.15. The highest BCUT2D eigenvalue weighted by Gasteiger charge is 2.24. The first-order valence-corrected chi connectivity index (χ1v) is 8.02. The number of benzene rings is 1.